The maximum absolute atomic E-state index is 12.9. The molecule has 0 saturated carbocycles. The van der Waals surface area contributed by atoms with E-state index in [1.165, 1.54) is 35.0 Å². The van der Waals surface area contributed by atoms with Gasteiger partial charge in [-0.2, -0.15) is 5.10 Å². The fourth-order valence-electron chi connectivity index (χ4n) is 2.18. The summed E-state index contributed by atoms with van der Waals surface area (Å²) in [4.78, 5) is -0.207. The van der Waals surface area contributed by atoms with Crippen LogP contribution < -0.4 is 4.72 Å². The highest BCUT2D eigenvalue weighted by molar-refractivity contribution is 7.92. The molecule has 2 aromatic carbocycles. The minimum absolute atomic E-state index is 0.0577. The van der Waals surface area contributed by atoms with E-state index < -0.39 is 10.0 Å². The fourth-order valence-corrected chi connectivity index (χ4v) is 4.18. The molecule has 0 radical (unpaired) electrons. The first-order valence-corrected chi connectivity index (χ1v) is 9.81. The van der Waals surface area contributed by atoms with Gasteiger partial charge in [0.2, 0.25) is 0 Å². The lowest BCUT2D eigenvalue weighted by atomic mass is 10.2. The van der Waals surface area contributed by atoms with E-state index in [1.54, 1.807) is 18.3 Å². The number of sulfonamides is 1. The van der Waals surface area contributed by atoms with Crippen molar-refractivity contribution in [1.82, 2.24) is 9.78 Å². The quantitative estimate of drug-likeness (QED) is 0.585. The minimum Gasteiger partial charge on any atom is -0.266 e. The highest BCUT2D eigenvalue weighted by Gasteiger charge is 2.21. The zero-order valence-electron chi connectivity index (χ0n) is 13.0. The highest BCUT2D eigenvalue weighted by Crippen LogP contribution is 2.32. The molecule has 26 heavy (non-hydrogen) atoms. The molecule has 0 amide bonds. The van der Waals surface area contributed by atoms with Crippen LogP contribution in [0.15, 0.2) is 53.6 Å². The molecule has 0 unspecified atom stereocenters. The molecule has 0 saturated heterocycles. The number of nitrogens with zero attached hydrogens (tertiary/aromatic N) is 2. The number of benzene rings is 2. The number of hydrogen-bond acceptors (Lipinski definition) is 3. The lowest BCUT2D eigenvalue weighted by molar-refractivity contribution is 0.600. The Balaban J connectivity index is 1.80. The molecular weight excluding hydrogens is 424 g/mol. The Bertz CT molecular complexity index is 1050. The molecule has 136 valence electrons. The van der Waals surface area contributed by atoms with E-state index in [-0.39, 0.29) is 31.6 Å². The Morgan fingerprint density at radius 3 is 2.35 bits per heavy atom. The van der Waals surface area contributed by atoms with Crippen LogP contribution in [0.5, 0.6) is 0 Å². The van der Waals surface area contributed by atoms with E-state index in [4.69, 9.17) is 34.8 Å². The minimum atomic E-state index is -4.00. The number of rotatable bonds is 5. The molecule has 0 aliphatic carbocycles. The van der Waals surface area contributed by atoms with Crippen molar-refractivity contribution in [3.63, 3.8) is 0 Å². The number of hydrogen-bond donors (Lipinski definition) is 1. The molecule has 0 bridgehead atoms. The Morgan fingerprint density at radius 1 is 1.00 bits per heavy atom. The first kappa shape index (κ1) is 19.0. The lowest BCUT2D eigenvalue weighted by Crippen LogP contribution is -2.14. The molecule has 0 atom stereocenters. The second-order valence-corrected chi connectivity index (χ2v) is 8.20. The molecule has 1 N–H and O–H groups in total. The zero-order valence-corrected chi connectivity index (χ0v) is 16.0. The summed E-state index contributed by atoms with van der Waals surface area (Å²) in [6.45, 7) is 0.357. The second kappa shape index (κ2) is 7.44. The Morgan fingerprint density at radius 2 is 1.65 bits per heavy atom. The van der Waals surface area contributed by atoms with Gasteiger partial charge >= 0.3 is 0 Å². The summed E-state index contributed by atoms with van der Waals surface area (Å²) < 4.78 is 41.8. The van der Waals surface area contributed by atoms with Crippen LogP contribution in [0.25, 0.3) is 0 Å². The van der Waals surface area contributed by atoms with Crippen molar-refractivity contribution in [2.24, 2.45) is 0 Å². The van der Waals surface area contributed by atoms with Gasteiger partial charge in [-0.1, -0.05) is 46.9 Å². The van der Waals surface area contributed by atoms with Crippen LogP contribution in [0.3, 0.4) is 0 Å². The van der Waals surface area contributed by atoms with E-state index in [9.17, 15) is 12.8 Å². The smallest absolute Gasteiger partial charge is 0.264 e. The molecule has 0 spiro atoms. The normalized spacial score (nSPS) is 11.5. The monoisotopic (exact) mass is 433 g/mol. The predicted molar refractivity (Wildman–Crippen MR) is 100 cm³/mol. The van der Waals surface area contributed by atoms with Crippen molar-refractivity contribution in [3.8, 4) is 0 Å². The van der Waals surface area contributed by atoms with Gasteiger partial charge < -0.3 is 0 Å². The van der Waals surface area contributed by atoms with Gasteiger partial charge in [-0.05, 0) is 29.8 Å². The molecule has 3 aromatic rings. The molecule has 10 heteroatoms. The van der Waals surface area contributed by atoms with Crippen molar-refractivity contribution in [3.05, 3.63) is 75.1 Å². The molecule has 0 fully saturated rings. The van der Waals surface area contributed by atoms with Crippen LogP contribution in [0.1, 0.15) is 5.56 Å². The first-order chi connectivity index (χ1) is 12.2. The van der Waals surface area contributed by atoms with E-state index in [0.29, 0.717) is 6.54 Å². The summed E-state index contributed by atoms with van der Waals surface area (Å²) in [6.07, 6.45) is 1.59. The molecule has 5 nitrogen and oxygen atoms in total. The maximum atomic E-state index is 12.9. The van der Waals surface area contributed by atoms with E-state index in [2.05, 4.69) is 9.82 Å². The third kappa shape index (κ3) is 4.29. The summed E-state index contributed by atoms with van der Waals surface area (Å²) >= 11 is 17.6. The van der Waals surface area contributed by atoms with E-state index in [1.807, 2.05) is 0 Å². The maximum Gasteiger partial charge on any atom is 0.264 e. The van der Waals surface area contributed by atoms with Crippen LogP contribution in [0.2, 0.25) is 15.1 Å². The van der Waals surface area contributed by atoms with E-state index in [0.717, 1.165) is 5.56 Å². The Labute approximate surface area is 164 Å². The number of anilines is 1. The van der Waals surface area contributed by atoms with Crippen LogP contribution in [-0.4, -0.2) is 18.2 Å². The predicted octanol–water partition coefficient (Wildman–Crippen LogP) is 4.83. The summed E-state index contributed by atoms with van der Waals surface area (Å²) in [5.41, 5.74) is 0.816. The van der Waals surface area contributed by atoms with Gasteiger partial charge in [0.15, 0.2) is 5.82 Å². The fraction of sp³-hybridized carbons (Fsp3) is 0.0625. The second-order valence-electron chi connectivity index (χ2n) is 5.33. The largest absolute Gasteiger partial charge is 0.266 e. The third-order valence-corrected chi connectivity index (χ3v) is 5.94. The van der Waals surface area contributed by atoms with Crippen molar-refractivity contribution in [2.45, 2.75) is 11.4 Å². The van der Waals surface area contributed by atoms with Gasteiger partial charge in [0.25, 0.3) is 10.0 Å². The van der Waals surface area contributed by atoms with Gasteiger partial charge in [-0.25, -0.2) is 12.8 Å². The first-order valence-electron chi connectivity index (χ1n) is 7.20. The average molecular weight is 435 g/mol. The Kier molecular flexibility index (Phi) is 5.43. The average Bonchev–Trinajstić information content (AvgIpc) is 2.99. The number of halogens is 4. The van der Waals surface area contributed by atoms with Crippen molar-refractivity contribution < 1.29 is 12.8 Å². The SMILES string of the molecule is O=S(=O)(Nc1ccn(Cc2ccc(F)cc2)n1)c1cc(Cl)c(Cl)cc1Cl. The number of nitrogens with one attached hydrogen (secondary N) is 1. The van der Waals surface area contributed by atoms with Crippen molar-refractivity contribution in [1.29, 1.82) is 0 Å². The number of aromatic nitrogens is 2. The van der Waals surface area contributed by atoms with Gasteiger partial charge in [-0.3, -0.25) is 9.40 Å². The standard InChI is InChI=1S/C16H11Cl3FN3O2S/c17-12-7-14(19)15(8-13(12)18)26(24,25)22-16-5-6-23(21-16)9-10-1-3-11(20)4-2-10/h1-8H,9H2,(H,21,22). The van der Waals surface area contributed by atoms with Gasteiger partial charge in [0.05, 0.1) is 21.6 Å². The van der Waals surface area contributed by atoms with Crippen LogP contribution in [-0.2, 0) is 16.6 Å². The van der Waals surface area contributed by atoms with Crippen LogP contribution in [0, 0.1) is 5.82 Å². The lowest BCUT2D eigenvalue weighted by Gasteiger charge is -2.09. The zero-order chi connectivity index (χ0) is 18.9. The summed E-state index contributed by atoms with van der Waals surface area (Å²) in [5, 5.41) is 4.30. The van der Waals surface area contributed by atoms with Crippen LogP contribution in [0.4, 0.5) is 10.2 Å². The summed E-state index contributed by atoms with van der Waals surface area (Å²) in [7, 11) is -4.00. The third-order valence-electron chi connectivity index (χ3n) is 3.40. The van der Waals surface area contributed by atoms with Gasteiger partial charge in [0.1, 0.15) is 10.7 Å². The molecular formula is C16H11Cl3FN3O2S. The van der Waals surface area contributed by atoms with Crippen LogP contribution >= 0.6 is 34.8 Å². The van der Waals surface area contributed by atoms with Crippen molar-refractivity contribution >= 4 is 50.6 Å². The van der Waals surface area contributed by atoms with E-state index >= 15 is 0 Å². The molecule has 3 rings (SSSR count). The molecule has 1 heterocycles. The molecule has 0 aliphatic rings. The van der Waals surface area contributed by atoms with Gasteiger partial charge in [-0.15, -0.1) is 0 Å². The molecule has 1 aromatic heterocycles. The summed E-state index contributed by atoms with van der Waals surface area (Å²) in [6, 6.07) is 9.85. The van der Waals surface area contributed by atoms with Crippen molar-refractivity contribution in [2.75, 3.05) is 4.72 Å². The Hall–Kier alpha value is -1.80. The highest BCUT2D eigenvalue weighted by atomic mass is 35.5. The topological polar surface area (TPSA) is 64.0 Å². The molecule has 0 aliphatic heterocycles. The summed E-state index contributed by atoms with van der Waals surface area (Å²) in [5.74, 6) is -0.226. The van der Waals surface area contributed by atoms with Gasteiger partial charge in [0, 0.05) is 12.3 Å².